The summed E-state index contributed by atoms with van der Waals surface area (Å²) in [5, 5.41) is 4.83. The quantitative estimate of drug-likeness (QED) is 0.886. The van der Waals surface area contributed by atoms with E-state index < -0.39 is 0 Å². The molecule has 0 aliphatic carbocycles. The van der Waals surface area contributed by atoms with Gasteiger partial charge in [0, 0.05) is 36.4 Å². The zero-order chi connectivity index (χ0) is 13.9. The summed E-state index contributed by atoms with van der Waals surface area (Å²) in [4.78, 5) is 4.53. The number of nitrogens with zero attached hydrogens (tertiary/aromatic N) is 2. The third-order valence-corrected chi connectivity index (χ3v) is 3.28. The third kappa shape index (κ3) is 3.57. The van der Waals surface area contributed by atoms with Crippen LogP contribution in [0.25, 0.3) is 11.0 Å². The van der Waals surface area contributed by atoms with Crippen LogP contribution < -0.4 is 5.32 Å². The fraction of sp³-hybridized carbons (Fsp3) is 0.562. The van der Waals surface area contributed by atoms with Gasteiger partial charge >= 0.3 is 0 Å². The highest BCUT2D eigenvalue weighted by atomic mass is 15.0. The third-order valence-electron chi connectivity index (χ3n) is 3.28. The van der Waals surface area contributed by atoms with Gasteiger partial charge in [-0.05, 0) is 44.9 Å². The molecule has 2 heterocycles. The lowest BCUT2D eigenvalue weighted by atomic mass is 10.1. The van der Waals surface area contributed by atoms with E-state index in [9.17, 15) is 0 Å². The SMILES string of the molecule is CCCCn1cc(CNC(C)(C)C)c2cccnc21. The van der Waals surface area contributed by atoms with Gasteiger partial charge in [-0.15, -0.1) is 0 Å². The lowest BCUT2D eigenvalue weighted by Crippen LogP contribution is -2.34. The Morgan fingerprint density at radius 2 is 2.11 bits per heavy atom. The van der Waals surface area contributed by atoms with E-state index in [-0.39, 0.29) is 5.54 Å². The van der Waals surface area contributed by atoms with Crippen molar-refractivity contribution in [2.75, 3.05) is 0 Å². The van der Waals surface area contributed by atoms with E-state index in [1.165, 1.54) is 23.8 Å². The second-order valence-corrected chi connectivity index (χ2v) is 6.18. The van der Waals surface area contributed by atoms with E-state index in [2.05, 4.69) is 54.8 Å². The molecule has 1 N–H and O–H groups in total. The number of pyridine rings is 1. The first kappa shape index (κ1) is 14.1. The van der Waals surface area contributed by atoms with Crippen molar-refractivity contribution in [1.82, 2.24) is 14.9 Å². The Hall–Kier alpha value is -1.35. The number of aryl methyl sites for hydroxylation is 1. The second-order valence-electron chi connectivity index (χ2n) is 6.18. The summed E-state index contributed by atoms with van der Waals surface area (Å²) in [6, 6.07) is 4.19. The van der Waals surface area contributed by atoms with Crippen LogP contribution in [0.2, 0.25) is 0 Å². The summed E-state index contributed by atoms with van der Waals surface area (Å²) in [5.74, 6) is 0. The maximum atomic E-state index is 4.53. The number of rotatable bonds is 5. The molecule has 0 saturated carbocycles. The molecular weight excluding hydrogens is 234 g/mol. The van der Waals surface area contributed by atoms with Crippen LogP contribution in [-0.4, -0.2) is 15.1 Å². The molecule has 0 amide bonds. The number of fused-ring (bicyclic) bond motifs is 1. The van der Waals surface area contributed by atoms with Crippen LogP contribution in [0.4, 0.5) is 0 Å². The van der Waals surface area contributed by atoms with Crippen molar-refractivity contribution in [3.05, 3.63) is 30.1 Å². The molecule has 2 aromatic heterocycles. The highest BCUT2D eigenvalue weighted by molar-refractivity contribution is 5.80. The Balaban J connectivity index is 2.28. The minimum atomic E-state index is 0.139. The van der Waals surface area contributed by atoms with Gasteiger partial charge in [0.15, 0.2) is 0 Å². The number of hydrogen-bond acceptors (Lipinski definition) is 2. The molecule has 0 fully saturated rings. The van der Waals surface area contributed by atoms with Crippen molar-refractivity contribution in [1.29, 1.82) is 0 Å². The zero-order valence-electron chi connectivity index (χ0n) is 12.5. The molecule has 2 aromatic rings. The van der Waals surface area contributed by atoms with Crippen LogP contribution in [0.1, 0.15) is 46.1 Å². The van der Waals surface area contributed by atoms with Crippen LogP contribution in [0, 0.1) is 0 Å². The summed E-state index contributed by atoms with van der Waals surface area (Å²) in [6.45, 7) is 10.8. The van der Waals surface area contributed by atoms with Crippen LogP contribution >= 0.6 is 0 Å². The summed E-state index contributed by atoms with van der Waals surface area (Å²) in [7, 11) is 0. The Morgan fingerprint density at radius 1 is 1.32 bits per heavy atom. The predicted octanol–water partition coefficient (Wildman–Crippen LogP) is 3.72. The van der Waals surface area contributed by atoms with Crippen molar-refractivity contribution < 1.29 is 0 Å². The van der Waals surface area contributed by atoms with Crippen molar-refractivity contribution in [2.45, 2.75) is 59.2 Å². The Kier molecular flexibility index (Phi) is 4.25. The summed E-state index contributed by atoms with van der Waals surface area (Å²) >= 11 is 0. The smallest absolute Gasteiger partial charge is 0.140 e. The molecule has 0 unspecified atom stereocenters. The Labute approximate surface area is 116 Å². The zero-order valence-corrected chi connectivity index (χ0v) is 12.5. The minimum absolute atomic E-state index is 0.139. The van der Waals surface area contributed by atoms with Gasteiger partial charge in [-0.3, -0.25) is 0 Å². The summed E-state index contributed by atoms with van der Waals surface area (Å²) in [5.41, 5.74) is 2.59. The first-order valence-electron chi connectivity index (χ1n) is 7.19. The monoisotopic (exact) mass is 259 g/mol. The molecular formula is C16H25N3. The number of nitrogens with one attached hydrogen (secondary N) is 1. The lowest BCUT2D eigenvalue weighted by Gasteiger charge is -2.20. The molecule has 0 radical (unpaired) electrons. The van der Waals surface area contributed by atoms with Crippen LogP contribution in [-0.2, 0) is 13.1 Å². The molecule has 0 aliphatic heterocycles. The molecule has 104 valence electrons. The number of aromatic nitrogens is 2. The molecule has 0 saturated heterocycles. The molecule has 0 atom stereocenters. The van der Waals surface area contributed by atoms with Crippen molar-refractivity contribution in [3.8, 4) is 0 Å². The van der Waals surface area contributed by atoms with E-state index in [4.69, 9.17) is 0 Å². The molecule has 19 heavy (non-hydrogen) atoms. The first-order valence-corrected chi connectivity index (χ1v) is 7.19. The maximum absolute atomic E-state index is 4.53. The molecule has 0 bridgehead atoms. The van der Waals surface area contributed by atoms with Gasteiger partial charge < -0.3 is 9.88 Å². The van der Waals surface area contributed by atoms with Gasteiger partial charge in [-0.1, -0.05) is 13.3 Å². The minimum Gasteiger partial charge on any atom is -0.332 e. The van der Waals surface area contributed by atoms with Gasteiger partial charge in [-0.2, -0.15) is 0 Å². The fourth-order valence-corrected chi connectivity index (χ4v) is 2.20. The topological polar surface area (TPSA) is 29.9 Å². The number of unbranched alkanes of at least 4 members (excludes halogenated alkanes) is 1. The molecule has 0 spiro atoms. The predicted molar refractivity (Wildman–Crippen MR) is 81.2 cm³/mol. The Morgan fingerprint density at radius 3 is 2.79 bits per heavy atom. The van der Waals surface area contributed by atoms with Gasteiger partial charge in [0.25, 0.3) is 0 Å². The maximum Gasteiger partial charge on any atom is 0.140 e. The van der Waals surface area contributed by atoms with E-state index in [0.717, 1.165) is 18.7 Å². The van der Waals surface area contributed by atoms with E-state index >= 15 is 0 Å². The van der Waals surface area contributed by atoms with Crippen LogP contribution in [0.3, 0.4) is 0 Å². The Bertz CT molecular complexity index is 534. The average molecular weight is 259 g/mol. The highest BCUT2D eigenvalue weighted by Crippen LogP contribution is 2.20. The van der Waals surface area contributed by atoms with Gasteiger partial charge in [0.05, 0.1) is 0 Å². The molecule has 3 nitrogen and oxygen atoms in total. The van der Waals surface area contributed by atoms with Gasteiger partial charge in [-0.25, -0.2) is 4.98 Å². The normalized spacial score (nSPS) is 12.2. The standard InChI is InChI=1S/C16H25N3/c1-5-6-10-19-12-13(11-18-16(2,3)4)14-8-7-9-17-15(14)19/h7-9,12,18H,5-6,10-11H2,1-4H3. The summed E-state index contributed by atoms with van der Waals surface area (Å²) < 4.78 is 2.29. The average Bonchev–Trinajstić information content (AvgIpc) is 2.72. The van der Waals surface area contributed by atoms with Crippen molar-refractivity contribution in [3.63, 3.8) is 0 Å². The fourth-order valence-electron chi connectivity index (χ4n) is 2.20. The largest absolute Gasteiger partial charge is 0.332 e. The van der Waals surface area contributed by atoms with E-state index in [1.54, 1.807) is 0 Å². The molecule has 2 rings (SSSR count). The molecule has 0 aliphatic rings. The molecule has 0 aromatic carbocycles. The highest BCUT2D eigenvalue weighted by Gasteiger charge is 2.12. The lowest BCUT2D eigenvalue weighted by molar-refractivity contribution is 0.425. The molecule has 3 heteroatoms. The van der Waals surface area contributed by atoms with Crippen LogP contribution in [0.15, 0.2) is 24.5 Å². The van der Waals surface area contributed by atoms with E-state index in [0.29, 0.717) is 0 Å². The summed E-state index contributed by atoms with van der Waals surface area (Å²) in [6.07, 6.45) is 6.55. The van der Waals surface area contributed by atoms with Crippen molar-refractivity contribution in [2.24, 2.45) is 0 Å². The second kappa shape index (κ2) is 5.74. The van der Waals surface area contributed by atoms with Crippen LogP contribution in [0.5, 0.6) is 0 Å². The van der Waals surface area contributed by atoms with Gasteiger partial charge in [0.1, 0.15) is 5.65 Å². The van der Waals surface area contributed by atoms with Crippen molar-refractivity contribution >= 4 is 11.0 Å². The van der Waals surface area contributed by atoms with Gasteiger partial charge in [0.2, 0.25) is 0 Å². The van der Waals surface area contributed by atoms with E-state index in [1.807, 2.05) is 12.3 Å². The number of hydrogen-bond donors (Lipinski definition) is 1. The first-order chi connectivity index (χ1) is 9.01.